The summed E-state index contributed by atoms with van der Waals surface area (Å²) in [6.45, 7) is 4.99. The summed E-state index contributed by atoms with van der Waals surface area (Å²) in [7, 11) is -3.13. The largest absolute Gasteiger partial charge is 0.481 e. The fraction of sp³-hybridized carbons (Fsp3) is 0.833. The summed E-state index contributed by atoms with van der Waals surface area (Å²) >= 11 is 0. The van der Waals surface area contributed by atoms with E-state index in [1.54, 1.807) is 20.8 Å². The molecule has 1 amide bonds. The molecule has 1 aliphatic rings. The second-order valence-electron chi connectivity index (χ2n) is 6.01. The van der Waals surface area contributed by atoms with E-state index in [1.807, 2.05) is 0 Å². The molecular formula is C12H21NO5S. The third-order valence-electron chi connectivity index (χ3n) is 3.34. The molecule has 1 heterocycles. The van der Waals surface area contributed by atoms with Crippen molar-refractivity contribution in [3.8, 4) is 0 Å². The van der Waals surface area contributed by atoms with Crippen molar-refractivity contribution in [1.82, 2.24) is 5.32 Å². The van der Waals surface area contributed by atoms with Gasteiger partial charge in [-0.1, -0.05) is 20.8 Å². The molecule has 0 spiro atoms. The fourth-order valence-electron chi connectivity index (χ4n) is 2.28. The number of carbonyl (C=O) groups excluding carboxylic acids is 1. The molecule has 1 rings (SSSR count). The van der Waals surface area contributed by atoms with Crippen LogP contribution in [0, 0.1) is 11.3 Å². The van der Waals surface area contributed by atoms with E-state index in [0.29, 0.717) is 12.8 Å². The van der Waals surface area contributed by atoms with Crippen LogP contribution in [-0.4, -0.2) is 42.9 Å². The molecule has 0 aliphatic carbocycles. The molecule has 7 heteroatoms. The van der Waals surface area contributed by atoms with Crippen molar-refractivity contribution in [2.75, 3.05) is 12.3 Å². The van der Waals surface area contributed by atoms with Crippen molar-refractivity contribution in [2.24, 2.45) is 11.3 Å². The Morgan fingerprint density at radius 3 is 2.32 bits per heavy atom. The minimum absolute atomic E-state index is 0.00102. The van der Waals surface area contributed by atoms with Gasteiger partial charge in [-0.25, -0.2) is 8.42 Å². The molecular weight excluding hydrogens is 270 g/mol. The molecule has 110 valence electrons. The molecule has 0 aromatic carbocycles. The third-order valence-corrected chi connectivity index (χ3v) is 5.62. The number of carbonyl (C=O) groups is 2. The lowest BCUT2D eigenvalue weighted by Crippen LogP contribution is -2.45. The van der Waals surface area contributed by atoms with Crippen molar-refractivity contribution in [3.05, 3.63) is 0 Å². The summed E-state index contributed by atoms with van der Waals surface area (Å²) in [5.41, 5.74) is -0.718. The van der Waals surface area contributed by atoms with Gasteiger partial charge in [0, 0.05) is 6.54 Å². The molecule has 1 aliphatic heterocycles. The van der Waals surface area contributed by atoms with Gasteiger partial charge in [-0.15, -0.1) is 0 Å². The Balaban J connectivity index is 2.67. The zero-order valence-electron chi connectivity index (χ0n) is 11.5. The maximum Gasteiger partial charge on any atom is 0.316 e. The van der Waals surface area contributed by atoms with Crippen LogP contribution in [0.25, 0.3) is 0 Å². The number of nitrogens with one attached hydrogen (secondary N) is 1. The van der Waals surface area contributed by atoms with Crippen molar-refractivity contribution in [1.29, 1.82) is 0 Å². The Kier molecular flexibility index (Phi) is 4.60. The molecule has 2 atom stereocenters. The molecule has 0 bridgehead atoms. The van der Waals surface area contributed by atoms with Crippen LogP contribution in [0.15, 0.2) is 0 Å². The maximum absolute atomic E-state index is 11.9. The van der Waals surface area contributed by atoms with E-state index in [0.717, 1.165) is 0 Å². The summed E-state index contributed by atoms with van der Waals surface area (Å²) in [6, 6.07) is 0. The zero-order valence-corrected chi connectivity index (χ0v) is 12.3. The van der Waals surface area contributed by atoms with Gasteiger partial charge in [-0.3, -0.25) is 9.59 Å². The molecule has 6 nitrogen and oxygen atoms in total. The Morgan fingerprint density at radius 2 is 1.95 bits per heavy atom. The van der Waals surface area contributed by atoms with Gasteiger partial charge in [-0.2, -0.15) is 0 Å². The molecule has 19 heavy (non-hydrogen) atoms. The van der Waals surface area contributed by atoms with Crippen molar-refractivity contribution in [2.45, 2.75) is 38.9 Å². The molecule has 2 N–H and O–H groups in total. The molecule has 1 fully saturated rings. The molecule has 0 radical (unpaired) electrons. The Morgan fingerprint density at radius 1 is 1.37 bits per heavy atom. The number of aliphatic carboxylic acids is 1. The number of hydrogen-bond donors (Lipinski definition) is 2. The van der Waals surface area contributed by atoms with E-state index in [9.17, 15) is 18.0 Å². The Hall–Kier alpha value is -1.11. The standard InChI is InChI=1S/C12H21NO5S/c1-12(2,3)9(11(15)16)10(14)13-7-8-5-4-6-19(8,17)18/h8-9H,4-7H2,1-3H3,(H,13,14)(H,15,16). The average molecular weight is 291 g/mol. The lowest BCUT2D eigenvalue weighted by atomic mass is 9.80. The van der Waals surface area contributed by atoms with Gasteiger partial charge in [0.2, 0.25) is 5.91 Å². The first-order chi connectivity index (χ1) is 8.55. The van der Waals surface area contributed by atoms with Gasteiger partial charge < -0.3 is 10.4 Å². The van der Waals surface area contributed by atoms with E-state index >= 15 is 0 Å². The SMILES string of the molecule is CC(C)(C)C(C(=O)O)C(=O)NCC1CCCS1(=O)=O. The number of rotatable bonds is 4. The van der Waals surface area contributed by atoms with Crippen molar-refractivity contribution >= 4 is 21.7 Å². The monoisotopic (exact) mass is 291 g/mol. The maximum atomic E-state index is 11.9. The highest BCUT2D eigenvalue weighted by Crippen LogP contribution is 2.26. The Labute approximate surface area is 113 Å². The number of carboxylic acids is 1. The first kappa shape index (κ1) is 15.9. The highest BCUT2D eigenvalue weighted by molar-refractivity contribution is 7.92. The van der Waals surface area contributed by atoms with Gasteiger partial charge in [0.1, 0.15) is 5.92 Å². The quantitative estimate of drug-likeness (QED) is 0.731. The van der Waals surface area contributed by atoms with Gasteiger partial charge in [-0.05, 0) is 18.3 Å². The normalized spacial score (nSPS) is 23.8. The van der Waals surface area contributed by atoms with E-state index in [1.165, 1.54) is 0 Å². The summed E-state index contributed by atoms with van der Waals surface area (Å²) < 4.78 is 23.2. The first-order valence-corrected chi connectivity index (χ1v) is 7.99. The lowest BCUT2D eigenvalue weighted by Gasteiger charge is -2.26. The fourth-order valence-corrected chi connectivity index (χ4v) is 4.05. The van der Waals surface area contributed by atoms with Crippen molar-refractivity contribution in [3.63, 3.8) is 0 Å². The highest BCUT2D eigenvalue weighted by atomic mass is 32.2. The van der Waals surface area contributed by atoms with E-state index in [2.05, 4.69) is 5.32 Å². The summed E-state index contributed by atoms with van der Waals surface area (Å²) in [4.78, 5) is 23.0. The van der Waals surface area contributed by atoms with E-state index < -0.39 is 38.3 Å². The van der Waals surface area contributed by atoms with Crippen LogP contribution in [-0.2, 0) is 19.4 Å². The average Bonchev–Trinajstić information content (AvgIpc) is 2.51. The molecule has 0 aromatic heterocycles. The van der Waals surface area contributed by atoms with Gasteiger partial charge in [0.15, 0.2) is 9.84 Å². The van der Waals surface area contributed by atoms with Gasteiger partial charge >= 0.3 is 5.97 Å². The second-order valence-corrected chi connectivity index (χ2v) is 8.41. The van der Waals surface area contributed by atoms with Crippen LogP contribution in [0.1, 0.15) is 33.6 Å². The smallest absolute Gasteiger partial charge is 0.316 e. The highest BCUT2D eigenvalue weighted by Gasteiger charge is 2.39. The predicted octanol–water partition coefficient (Wildman–Crippen LogP) is 0.427. The molecule has 1 saturated heterocycles. The van der Waals surface area contributed by atoms with Crippen LogP contribution in [0.5, 0.6) is 0 Å². The number of amides is 1. The second kappa shape index (κ2) is 5.48. The lowest BCUT2D eigenvalue weighted by molar-refractivity contribution is -0.151. The number of sulfone groups is 1. The van der Waals surface area contributed by atoms with Crippen LogP contribution in [0.4, 0.5) is 0 Å². The topological polar surface area (TPSA) is 101 Å². The van der Waals surface area contributed by atoms with E-state index in [-0.39, 0.29) is 12.3 Å². The number of hydrogen-bond acceptors (Lipinski definition) is 4. The predicted molar refractivity (Wildman–Crippen MR) is 70.4 cm³/mol. The van der Waals surface area contributed by atoms with Crippen LogP contribution >= 0.6 is 0 Å². The summed E-state index contributed by atoms with van der Waals surface area (Å²) in [5, 5.41) is 11.0. The minimum Gasteiger partial charge on any atom is -0.481 e. The van der Waals surface area contributed by atoms with E-state index in [4.69, 9.17) is 5.11 Å². The van der Waals surface area contributed by atoms with Gasteiger partial charge in [0.05, 0.1) is 11.0 Å². The number of carboxylic acid groups (broad SMARTS) is 1. The molecule has 0 aromatic rings. The van der Waals surface area contributed by atoms with Crippen LogP contribution in [0.3, 0.4) is 0 Å². The third kappa shape index (κ3) is 3.92. The van der Waals surface area contributed by atoms with Gasteiger partial charge in [0.25, 0.3) is 0 Å². The van der Waals surface area contributed by atoms with Crippen molar-refractivity contribution < 1.29 is 23.1 Å². The minimum atomic E-state index is -3.13. The Bertz CT molecular complexity index is 463. The zero-order chi connectivity index (χ0) is 14.8. The summed E-state index contributed by atoms with van der Waals surface area (Å²) in [6.07, 6.45) is 1.13. The summed E-state index contributed by atoms with van der Waals surface area (Å²) in [5.74, 6) is -2.85. The molecule has 0 saturated carbocycles. The van der Waals surface area contributed by atoms with Crippen LogP contribution < -0.4 is 5.32 Å². The molecule has 2 unspecified atom stereocenters. The van der Waals surface area contributed by atoms with Crippen LogP contribution in [0.2, 0.25) is 0 Å². The first-order valence-electron chi connectivity index (χ1n) is 6.28.